The molecule has 0 fully saturated rings. The predicted octanol–water partition coefficient (Wildman–Crippen LogP) is 5.65. The van der Waals surface area contributed by atoms with Crippen LogP contribution in [0.15, 0.2) is 0 Å². The smallest absolute Gasteiger partial charge is 0.160 e. The summed E-state index contributed by atoms with van der Waals surface area (Å²) in [6, 6.07) is 0. The van der Waals surface area contributed by atoms with Gasteiger partial charge in [0.25, 0.3) is 0 Å². The van der Waals surface area contributed by atoms with Crippen LogP contribution in [-0.2, 0) is 9.47 Å². The molecule has 0 aromatic rings. The maximum Gasteiger partial charge on any atom is 0.160 e. The first-order valence-electron chi connectivity index (χ1n) is 8.89. The van der Waals surface area contributed by atoms with Crippen LogP contribution in [0.5, 0.6) is 0 Å². The van der Waals surface area contributed by atoms with Gasteiger partial charge in [-0.2, -0.15) is 0 Å². The molecule has 0 bridgehead atoms. The van der Waals surface area contributed by atoms with Crippen LogP contribution in [0, 0.1) is 17.8 Å². The summed E-state index contributed by atoms with van der Waals surface area (Å²) in [7, 11) is 0. The zero-order valence-electron chi connectivity index (χ0n) is 14.8. The Balaban J connectivity index is 4.40. The van der Waals surface area contributed by atoms with Crippen LogP contribution < -0.4 is 0 Å². The Bertz CT molecular complexity index is 178. The summed E-state index contributed by atoms with van der Waals surface area (Å²) in [5.41, 5.74) is 0. The minimum absolute atomic E-state index is 0.00815. The largest absolute Gasteiger partial charge is 0.352 e. The summed E-state index contributed by atoms with van der Waals surface area (Å²) in [6.45, 7) is 15.1. The topological polar surface area (TPSA) is 18.5 Å². The molecule has 20 heavy (non-hydrogen) atoms. The number of hydrogen-bond donors (Lipinski definition) is 0. The van der Waals surface area contributed by atoms with Crippen LogP contribution in [0.2, 0.25) is 0 Å². The van der Waals surface area contributed by atoms with Crippen molar-refractivity contribution in [3.05, 3.63) is 0 Å². The molecule has 2 nitrogen and oxygen atoms in total. The van der Waals surface area contributed by atoms with E-state index in [9.17, 15) is 0 Å². The molecule has 0 N–H and O–H groups in total. The van der Waals surface area contributed by atoms with E-state index in [-0.39, 0.29) is 6.29 Å². The molecule has 0 aliphatic heterocycles. The fourth-order valence-corrected chi connectivity index (χ4v) is 2.50. The van der Waals surface area contributed by atoms with Crippen LogP contribution in [0.1, 0.15) is 80.1 Å². The average molecular weight is 286 g/mol. The predicted molar refractivity (Wildman–Crippen MR) is 87.9 cm³/mol. The van der Waals surface area contributed by atoms with Crippen molar-refractivity contribution < 1.29 is 9.47 Å². The molecule has 122 valence electrons. The lowest BCUT2D eigenvalue weighted by Gasteiger charge is -2.29. The normalized spacial score (nSPS) is 12.3. The third-order valence-corrected chi connectivity index (χ3v) is 4.74. The third kappa shape index (κ3) is 7.64. The maximum atomic E-state index is 6.15. The van der Waals surface area contributed by atoms with Gasteiger partial charge < -0.3 is 9.47 Å². The van der Waals surface area contributed by atoms with Gasteiger partial charge in [0, 0.05) is 5.92 Å². The summed E-state index contributed by atoms with van der Waals surface area (Å²) in [5.74, 6) is 1.87. The number of hydrogen-bond acceptors (Lipinski definition) is 2. The van der Waals surface area contributed by atoms with E-state index in [0.29, 0.717) is 17.8 Å². The molecule has 0 amide bonds. The van der Waals surface area contributed by atoms with Crippen molar-refractivity contribution >= 4 is 0 Å². The summed E-state index contributed by atoms with van der Waals surface area (Å²) < 4.78 is 12.3. The monoisotopic (exact) mass is 286 g/mol. The third-order valence-electron chi connectivity index (χ3n) is 4.74. The molecule has 0 spiro atoms. The van der Waals surface area contributed by atoms with E-state index < -0.39 is 0 Å². The van der Waals surface area contributed by atoms with E-state index >= 15 is 0 Å². The Kier molecular flexibility index (Phi) is 12.6. The fraction of sp³-hybridized carbons (Fsp3) is 1.00. The van der Waals surface area contributed by atoms with Gasteiger partial charge in [-0.05, 0) is 24.7 Å². The molecule has 0 saturated heterocycles. The molecule has 0 rings (SSSR count). The van der Waals surface area contributed by atoms with Crippen molar-refractivity contribution in [2.45, 2.75) is 86.4 Å². The van der Waals surface area contributed by atoms with E-state index in [2.05, 4.69) is 41.5 Å². The van der Waals surface area contributed by atoms with E-state index in [1.165, 1.54) is 25.7 Å². The van der Waals surface area contributed by atoms with E-state index in [1.54, 1.807) is 0 Å². The Morgan fingerprint density at radius 3 is 1.15 bits per heavy atom. The fourth-order valence-electron chi connectivity index (χ4n) is 2.50. The molecule has 0 heterocycles. The lowest BCUT2D eigenvalue weighted by Crippen LogP contribution is -2.30. The van der Waals surface area contributed by atoms with Crippen LogP contribution >= 0.6 is 0 Å². The van der Waals surface area contributed by atoms with Gasteiger partial charge in [-0.1, -0.05) is 67.2 Å². The van der Waals surface area contributed by atoms with Crippen molar-refractivity contribution in [2.24, 2.45) is 17.8 Å². The van der Waals surface area contributed by atoms with Gasteiger partial charge in [-0.25, -0.2) is 0 Å². The summed E-state index contributed by atoms with van der Waals surface area (Å²) >= 11 is 0. The lowest BCUT2D eigenvalue weighted by molar-refractivity contribution is -0.187. The quantitative estimate of drug-likeness (QED) is 0.407. The van der Waals surface area contributed by atoms with E-state index in [1.807, 2.05) is 0 Å². The highest BCUT2D eigenvalue weighted by molar-refractivity contribution is 4.63. The van der Waals surface area contributed by atoms with Gasteiger partial charge in [-0.3, -0.25) is 0 Å². The standard InChI is InChI=1S/C18H38O2/c1-7-15(8-2)13-19-18(17(11-5)12-6)20-14-16(9-3)10-4/h15-18H,7-14H2,1-6H3. The van der Waals surface area contributed by atoms with Crippen LogP contribution in [0.3, 0.4) is 0 Å². The van der Waals surface area contributed by atoms with E-state index in [4.69, 9.17) is 9.47 Å². The lowest BCUT2D eigenvalue weighted by atomic mass is 10.0. The van der Waals surface area contributed by atoms with Crippen LogP contribution in [0.4, 0.5) is 0 Å². The second-order valence-electron chi connectivity index (χ2n) is 5.98. The van der Waals surface area contributed by atoms with Crippen LogP contribution in [-0.4, -0.2) is 19.5 Å². The van der Waals surface area contributed by atoms with Gasteiger partial charge in [0.1, 0.15) is 0 Å². The molecule has 0 radical (unpaired) electrons. The zero-order chi connectivity index (χ0) is 15.4. The van der Waals surface area contributed by atoms with Gasteiger partial charge >= 0.3 is 0 Å². The van der Waals surface area contributed by atoms with Crippen molar-refractivity contribution in [2.75, 3.05) is 13.2 Å². The average Bonchev–Trinajstić information content (AvgIpc) is 2.49. The molecule has 0 unspecified atom stereocenters. The minimum Gasteiger partial charge on any atom is -0.352 e. The Labute approximate surface area is 127 Å². The SMILES string of the molecule is CCC(CC)COC(OCC(CC)CC)C(CC)CC. The Hall–Kier alpha value is -0.0800. The Morgan fingerprint density at radius 1 is 0.550 bits per heavy atom. The second-order valence-corrected chi connectivity index (χ2v) is 5.98. The molecule has 0 aromatic heterocycles. The molecule has 0 atom stereocenters. The molecular formula is C18H38O2. The highest BCUT2D eigenvalue weighted by Gasteiger charge is 2.22. The Morgan fingerprint density at radius 2 is 0.900 bits per heavy atom. The van der Waals surface area contributed by atoms with Crippen molar-refractivity contribution in [1.82, 2.24) is 0 Å². The van der Waals surface area contributed by atoms with Crippen molar-refractivity contribution in [1.29, 1.82) is 0 Å². The summed E-state index contributed by atoms with van der Waals surface area (Å²) in [6.07, 6.45) is 7.03. The first kappa shape index (κ1) is 19.9. The van der Waals surface area contributed by atoms with Gasteiger partial charge in [0.05, 0.1) is 13.2 Å². The van der Waals surface area contributed by atoms with Crippen molar-refractivity contribution in [3.63, 3.8) is 0 Å². The summed E-state index contributed by atoms with van der Waals surface area (Å²) in [4.78, 5) is 0. The highest BCUT2D eigenvalue weighted by Crippen LogP contribution is 2.21. The molecule has 0 saturated carbocycles. The minimum atomic E-state index is -0.00815. The molecular weight excluding hydrogens is 248 g/mol. The van der Waals surface area contributed by atoms with Crippen LogP contribution in [0.25, 0.3) is 0 Å². The first-order chi connectivity index (χ1) is 9.66. The summed E-state index contributed by atoms with van der Waals surface area (Å²) in [5, 5.41) is 0. The zero-order valence-corrected chi connectivity index (χ0v) is 14.8. The second kappa shape index (κ2) is 12.6. The van der Waals surface area contributed by atoms with Gasteiger partial charge in [0.15, 0.2) is 6.29 Å². The molecule has 2 heteroatoms. The molecule has 0 aliphatic carbocycles. The molecule has 0 aromatic carbocycles. The van der Waals surface area contributed by atoms with Gasteiger partial charge in [0.2, 0.25) is 0 Å². The van der Waals surface area contributed by atoms with Crippen molar-refractivity contribution in [3.8, 4) is 0 Å². The first-order valence-corrected chi connectivity index (χ1v) is 8.89. The number of rotatable bonds is 13. The van der Waals surface area contributed by atoms with Gasteiger partial charge in [-0.15, -0.1) is 0 Å². The highest BCUT2D eigenvalue weighted by atomic mass is 16.7. The number of ether oxygens (including phenoxy) is 2. The van der Waals surface area contributed by atoms with E-state index in [0.717, 1.165) is 26.1 Å². The maximum absolute atomic E-state index is 6.15. The molecule has 0 aliphatic rings.